The van der Waals surface area contributed by atoms with E-state index in [2.05, 4.69) is 35.3 Å². The molecule has 0 aromatic heterocycles. The molecule has 3 rings (SSSR count). The first-order valence-corrected chi connectivity index (χ1v) is 8.06. The average molecular weight is 347 g/mol. The van der Waals surface area contributed by atoms with Gasteiger partial charge < -0.3 is 10.4 Å². The second-order valence-corrected chi connectivity index (χ2v) is 6.13. The van der Waals surface area contributed by atoms with E-state index >= 15 is 0 Å². The molecule has 0 unspecified atom stereocenters. The molecule has 1 atom stereocenters. The summed E-state index contributed by atoms with van der Waals surface area (Å²) in [4.78, 5) is 2.58. The van der Waals surface area contributed by atoms with Crippen molar-refractivity contribution < 1.29 is 5.11 Å². The minimum absolute atomic E-state index is 0. The second-order valence-electron chi connectivity index (χ2n) is 6.13. The molecule has 1 aromatic rings. The van der Waals surface area contributed by atoms with E-state index in [1.807, 2.05) is 0 Å². The topological polar surface area (TPSA) is 35.5 Å². The first-order valence-electron chi connectivity index (χ1n) is 8.06. The van der Waals surface area contributed by atoms with Crippen LogP contribution in [-0.2, 0) is 6.42 Å². The highest BCUT2D eigenvalue weighted by atomic mass is 35.5. The zero-order valence-electron chi connectivity index (χ0n) is 13.3. The Balaban J connectivity index is 0.00000121. The van der Waals surface area contributed by atoms with E-state index in [0.717, 1.165) is 49.6 Å². The highest BCUT2D eigenvalue weighted by Crippen LogP contribution is 2.44. The Morgan fingerprint density at radius 1 is 1.23 bits per heavy atom. The maximum absolute atomic E-state index is 10.6. The number of piperazine rings is 1. The lowest BCUT2D eigenvalue weighted by Crippen LogP contribution is -2.47. The highest BCUT2D eigenvalue weighted by Gasteiger charge is 2.35. The smallest absolute Gasteiger partial charge is 0.123 e. The van der Waals surface area contributed by atoms with Crippen molar-refractivity contribution in [3.05, 3.63) is 29.3 Å². The number of phenols is 1. The van der Waals surface area contributed by atoms with Crippen LogP contribution in [0.2, 0.25) is 0 Å². The predicted molar refractivity (Wildman–Crippen MR) is 96.5 cm³/mol. The lowest BCUT2D eigenvalue weighted by Gasteiger charge is -2.43. The second kappa shape index (κ2) is 8.97. The van der Waals surface area contributed by atoms with Crippen molar-refractivity contribution in [1.82, 2.24) is 10.2 Å². The third kappa shape index (κ3) is 3.88. The predicted octanol–water partition coefficient (Wildman–Crippen LogP) is 3.54. The molecule has 1 saturated carbocycles. The highest BCUT2D eigenvalue weighted by molar-refractivity contribution is 5.85. The van der Waals surface area contributed by atoms with Gasteiger partial charge in [-0.3, -0.25) is 4.90 Å². The Hall–Kier alpha value is -0.480. The number of nitrogens with zero attached hydrogens (tertiary/aromatic N) is 1. The van der Waals surface area contributed by atoms with Gasteiger partial charge in [0.15, 0.2) is 0 Å². The number of benzene rings is 1. The molecule has 3 nitrogen and oxygen atoms in total. The molecule has 1 heterocycles. The first-order chi connectivity index (χ1) is 9.81. The van der Waals surface area contributed by atoms with Crippen molar-refractivity contribution in [3.63, 3.8) is 0 Å². The van der Waals surface area contributed by atoms with Crippen LogP contribution in [0.15, 0.2) is 18.2 Å². The molecule has 126 valence electrons. The quantitative estimate of drug-likeness (QED) is 0.874. The Labute approximate surface area is 146 Å². The molecule has 2 N–H and O–H groups in total. The van der Waals surface area contributed by atoms with E-state index in [4.69, 9.17) is 0 Å². The number of hydrogen-bond acceptors (Lipinski definition) is 3. The normalized spacial score (nSPS) is 20.4. The van der Waals surface area contributed by atoms with Gasteiger partial charge in [0.25, 0.3) is 0 Å². The van der Waals surface area contributed by atoms with Crippen LogP contribution in [0.5, 0.6) is 5.75 Å². The van der Waals surface area contributed by atoms with Gasteiger partial charge in [-0.2, -0.15) is 0 Å². The van der Waals surface area contributed by atoms with Gasteiger partial charge in [0.1, 0.15) is 5.75 Å². The summed E-state index contributed by atoms with van der Waals surface area (Å²) in [7, 11) is 0. The minimum atomic E-state index is 0. The molecule has 1 aromatic carbocycles. The summed E-state index contributed by atoms with van der Waals surface area (Å²) in [6.07, 6.45) is 4.87. The lowest BCUT2D eigenvalue weighted by atomic mass is 9.75. The lowest BCUT2D eigenvalue weighted by molar-refractivity contribution is 0.0818. The maximum atomic E-state index is 10.6. The van der Waals surface area contributed by atoms with Gasteiger partial charge in [0, 0.05) is 37.8 Å². The van der Waals surface area contributed by atoms with Crippen LogP contribution in [0.3, 0.4) is 0 Å². The molecule has 0 radical (unpaired) electrons. The monoisotopic (exact) mass is 346 g/mol. The Morgan fingerprint density at radius 2 is 1.91 bits per heavy atom. The molecule has 1 saturated heterocycles. The molecule has 0 spiro atoms. The molecule has 0 bridgehead atoms. The molecular formula is C17H28Cl2N2O. The van der Waals surface area contributed by atoms with Crippen LogP contribution in [-0.4, -0.2) is 36.2 Å². The number of aromatic hydroxyl groups is 1. The van der Waals surface area contributed by atoms with Crippen LogP contribution < -0.4 is 5.32 Å². The summed E-state index contributed by atoms with van der Waals surface area (Å²) in [5.74, 6) is 1.27. The van der Waals surface area contributed by atoms with E-state index in [-0.39, 0.29) is 24.8 Å². The van der Waals surface area contributed by atoms with Crippen molar-refractivity contribution in [1.29, 1.82) is 0 Å². The van der Waals surface area contributed by atoms with Gasteiger partial charge in [-0.05, 0) is 30.7 Å². The van der Waals surface area contributed by atoms with Crippen LogP contribution >= 0.6 is 24.8 Å². The standard InChI is InChI=1S/C17H26N2O.2ClH/c1-2-13-5-4-8-15(17(13)20)16(14-6-3-7-14)19-11-9-18-10-12-19;;/h4-5,8,14,16,18,20H,2-3,6-7,9-12H2,1H3;2*1H/t16-;;/m1../s1. The summed E-state index contributed by atoms with van der Waals surface area (Å²) >= 11 is 0. The van der Waals surface area contributed by atoms with Gasteiger partial charge in [0.05, 0.1) is 0 Å². The molecule has 2 aliphatic rings. The van der Waals surface area contributed by atoms with Crippen LogP contribution in [0.4, 0.5) is 0 Å². The average Bonchev–Trinajstić information content (AvgIpc) is 2.44. The summed E-state index contributed by atoms with van der Waals surface area (Å²) in [5.41, 5.74) is 2.25. The molecule has 2 fully saturated rings. The van der Waals surface area contributed by atoms with Gasteiger partial charge in [-0.25, -0.2) is 0 Å². The van der Waals surface area contributed by atoms with E-state index in [1.165, 1.54) is 19.3 Å². The zero-order valence-corrected chi connectivity index (χ0v) is 14.9. The third-order valence-electron chi connectivity index (χ3n) is 4.99. The number of para-hydroxylation sites is 1. The van der Waals surface area contributed by atoms with Gasteiger partial charge in [-0.1, -0.05) is 31.5 Å². The number of aryl methyl sites for hydroxylation is 1. The molecule has 1 aliphatic heterocycles. The van der Waals surface area contributed by atoms with Crippen molar-refractivity contribution in [3.8, 4) is 5.75 Å². The third-order valence-corrected chi connectivity index (χ3v) is 4.99. The van der Waals surface area contributed by atoms with Gasteiger partial charge in [-0.15, -0.1) is 24.8 Å². The van der Waals surface area contributed by atoms with Crippen molar-refractivity contribution in [2.45, 2.75) is 38.6 Å². The molecule has 22 heavy (non-hydrogen) atoms. The number of hydrogen-bond donors (Lipinski definition) is 2. The number of nitrogens with one attached hydrogen (secondary N) is 1. The fraction of sp³-hybridized carbons (Fsp3) is 0.647. The number of phenolic OH excluding ortho intramolecular Hbond substituents is 1. The summed E-state index contributed by atoms with van der Waals surface area (Å²) < 4.78 is 0. The van der Waals surface area contributed by atoms with Crippen molar-refractivity contribution in [2.24, 2.45) is 5.92 Å². The van der Waals surface area contributed by atoms with E-state index < -0.39 is 0 Å². The fourth-order valence-corrected chi connectivity index (χ4v) is 3.60. The van der Waals surface area contributed by atoms with Gasteiger partial charge >= 0.3 is 0 Å². The van der Waals surface area contributed by atoms with Crippen LogP contribution in [0.25, 0.3) is 0 Å². The first kappa shape index (κ1) is 19.6. The largest absolute Gasteiger partial charge is 0.507 e. The maximum Gasteiger partial charge on any atom is 0.123 e. The van der Waals surface area contributed by atoms with Crippen LogP contribution in [0, 0.1) is 5.92 Å². The van der Waals surface area contributed by atoms with Crippen molar-refractivity contribution in [2.75, 3.05) is 26.2 Å². The number of rotatable bonds is 4. The van der Waals surface area contributed by atoms with E-state index in [0.29, 0.717) is 11.8 Å². The minimum Gasteiger partial charge on any atom is -0.507 e. The van der Waals surface area contributed by atoms with Crippen molar-refractivity contribution >= 4 is 24.8 Å². The number of halogens is 2. The van der Waals surface area contributed by atoms with Gasteiger partial charge in [0.2, 0.25) is 0 Å². The molecule has 5 heteroatoms. The Bertz CT molecular complexity index is 460. The fourth-order valence-electron chi connectivity index (χ4n) is 3.60. The Morgan fingerprint density at radius 3 is 2.45 bits per heavy atom. The summed E-state index contributed by atoms with van der Waals surface area (Å²) in [6, 6.07) is 6.72. The SMILES string of the molecule is CCc1cccc([C@@H](C2CCC2)N2CCNCC2)c1O.Cl.Cl. The van der Waals surface area contributed by atoms with E-state index in [9.17, 15) is 5.11 Å². The Kier molecular flexibility index (Phi) is 7.98. The molecular weight excluding hydrogens is 319 g/mol. The molecule has 0 amide bonds. The van der Waals surface area contributed by atoms with E-state index in [1.54, 1.807) is 0 Å². The zero-order chi connectivity index (χ0) is 13.9. The van der Waals surface area contributed by atoms with Crippen LogP contribution in [0.1, 0.15) is 43.4 Å². The summed E-state index contributed by atoms with van der Waals surface area (Å²) in [6.45, 7) is 6.44. The molecule has 1 aliphatic carbocycles. The summed E-state index contributed by atoms with van der Waals surface area (Å²) in [5, 5.41) is 14.0.